The molecule has 0 amide bonds. The topological polar surface area (TPSA) is 44.8 Å². The highest BCUT2D eigenvalue weighted by atomic mass is 28.4. The third-order valence-electron chi connectivity index (χ3n) is 5.74. The van der Waals surface area contributed by atoms with Crippen molar-refractivity contribution in [1.29, 1.82) is 0 Å². The van der Waals surface area contributed by atoms with Gasteiger partial charge in [-0.2, -0.15) is 0 Å². The summed E-state index contributed by atoms with van der Waals surface area (Å²) >= 11 is 0. The highest BCUT2D eigenvalue weighted by molar-refractivity contribution is 6.75. The summed E-state index contributed by atoms with van der Waals surface area (Å²) in [6.45, 7) is 7.38. The second-order valence-corrected chi connectivity index (χ2v) is 10.4. The molecule has 0 heterocycles. The Morgan fingerprint density at radius 2 is 1.27 bits per heavy atom. The Morgan fingerprint density at radius 3 is 1.91 bits per heavy atom. The van der Waals surface area contributed by atoms with E-state index in [1.165, 1.54) is 5.39 Å². The zero-order chi connectivity index (χ0) is 23.3. The number of ketones is 1. The summed E-state index contributed by atoms with van der Waals surface area (Å²) in [6, 6.07) is 26.4. The Hall–Kier alpha value is -2.83. The Kier molecular flexibility index (Phi) is 7.35. The van der Waals surface area contributed by atoms with Crippen molar-refractivity contribution >= 4 is 41.3 Å². The van der Waals surface area contributed by atoms with Crippen molar-refractivity contribution in [3.05, 3.63) is 90.0 Å². The summed E-state index contributed by atoms with van der Waals surface area (Å²) in [5.41, 5.74) is 1.68. The molecule has 170 valence electrons. The van der Waals surface area contributed by atoms with Crippen molar-refractivity contribution in [3.8, 4) is 0 Å². The van der Waals surface area contributed by atoms with Crippen LogP contribution in [0.15, 0.2) is 78.9 Å². The van der Waals surface area contributed by atoms with Crippen LogP contribution in [0.1, 0.15) is 36.7 Å². The number of benzene rings is 4. The van der Waals surface area contributed by atoms with E-state index in [9.17, 15) is 4.79 Å². The number of carbonyl (C=O) groups excluding carboxylic acids is 1. The summed E-state index contributed by atoms with van der Waals surface area (Å²) in [4.78, 5) is 13.1. The number of hydrogen-bond donors (Lipinski definition) is 0. The summed E-state index contributed by atoms with van der Waals surface area (Å²) in [6.07, 6.45) is 0.336. The number of fused-ring (bicyclic) bond motifs is 3. The fraction of sp³-hybridized carbons (Fsp3) is 0.250. The Bertz CT molecular complexity index is 1230. The predicted molar refractivity (Wildman–Crippen MR) is 136 cm³/mol. The first-order valence-electron chi connectivity index (χ1n) is 11.6. The molecule has 0 bridgehead atoms. The lowest BCUT2D eigenvalue weighted by atomic mass is 9.97. The monoisotopic (exact) mass is 458 g/mol. The second-order valence-electron chi connectivity index (χ2n) is 7.87. The van der Waals surface area contributed by atoms with Gasteiger partial charge in [-0.25, -0.2) is 0 Å². The van der Waals surface area contributed by atoms with Gasteiger partial charge in [0.15, 0.2) is 5.78 Å². The largest absolute Gasteiger partial charge is 0.537 e. The lowest BCUT2D eigenvalue weighted by Crippen LogP contribution is -2.56. The minimum absolute atomic E-state index is 0.0977. The molecule has 4 aromatic rings. The average molecular weight is 459 g/mol. The van der Waals surface area contributed by atoms with Gasteiger partial charge in [-0.05, 0) is 53.9 Å². The van der Waals surface area contributed by atoms with Crippen LogP contribution in [-0.4, -0.2) is 34.4 Å². The smallest absolute Gasteiger partial charge is 0.370 e. The van der Waals surface area contributed by atoms with Crippen LogP contribution in [0.3, 0.4) is 0 Å². The highest BCUT2D eigenvalue weighted by Crippen LogP contribution is 2.26. The van der Waals surface area contributed by atoms with Gasteiger partial charge in [0.2, 0.25) is 0 Å². The Labute approximate surface area is 196 Å². The first-order valence-corrected chi connectivity index (χ1v) is 13.3. The van der Waals surface area contributed by atoms with Crippen LogP contribution < -0.4 is 5.19 Å². The highest BCUT2D eigenvalue weighted by Gasteiger charge is 2.43. The van der Waals surface area contributed by atoms with Gasteiger partial charge in [0.1, 0.15) is 0 Å². The first-order chi connectivity index (χ1) is 16.1. The van der Waals surface area contributed by atoms with Crippen molar-refractivity contribution in [2.75, 3.05) is 19.8 Å². The molecule has 0 aliphatic carbocycles. The molecule has 4 rings (SSSR count). The molecule has 0 saturated carbocycles. The summed E-state index contributed by atoms with van der Waals surface area (Å²) in [5.74, 6) is 0.0977. The maximum atomic E-state index is 13.1. The van der Waals surface area contributed by atoms with Crippen molar-refractivity contribution in [1.82, 2.24) is 0 Å². The van der Waals surface area contributed by atoms with Crippen LogP contribution >= 0.6 is 0 Å². The van der Waals surface area contributed by atoms with E-state index in [0.717, 1.165) is 32.5 Å². The quantitative estimate of drug-likeness (QED) is 0.174. The molecular formula is C28H30O4Si. The molecule has 0 spiro atoms. The fourth-order valence-electron chi connectivity index (χ4n) is 4.23. The Balaban J connectivity index is 1.58. The van der Waals surface area contributed by atoms with Gasteiger partial charge in [0, 0.05) is 37.0 Å². The molecule has 0 radical (unpaired) electrons. The van der Waals surface area contributed by atoms with Crippen LogP contribution in [-0.2, 0) is 19.7 Å². The lowest BCUT2D eigenvalue weighted by molar-refractivity contribution is 0.0859. The van der Waals surface area contributed by atoms with Gasteiger partial charge in [-0.1, -0.05) is 72.8 Å². The maximum absolute atomic E-state index is 13.1. The summed E-state index contributed by atoms with van der Waals surface area (Å²) in [7, 11) is -2.94. The zero-order valence-electron chi connectivity index (χ0n) is 19.5. The molecule has 0 fully saturated rings. The van der Waals surface area contributed by atoms with Crippen molar-refractivity contribution in [2.45, 2.75) is 27.2 Å². The third kappa shape index (κ3) is 4.92. The van der Waals surface area contributed by atoms with E-state index in [1.807, 2.05) is 75.4 Å². The van der Waals surface area contributed by atoms with Crippen molar-refractivity contribution in [2.24, 2.45) is 0 Å². The van der Waals surface area contributed by atoms with E-state index >= 15 is 0 Å². The molecule has 4 nitrogen and oxygen atoms in total. The van der Waals surface area contributed by atoms with Gasteiger partial charge in [0.25, 0.3) is 0 Å². The van der Waals surface area contributed by atoms with E-state index < -0.39 is 8.80 Å². The van der Waals surface area contributed by atoms with Crippen LogP contribution in [0.5, 0.6) is 0 Å². The molecule has 0 aromatic heterocycles. The third-order valence-corrected chi connectivity index (χ3v) is 8.79. The number of rotatable bonds is 10. The summed E-state index contributed by atoms with van der Waals surface area (Å²) in [5, 5.41) is 5.50. The predicted octanol–water partition coefficient (Wildman–Crippen LogP) is 5.67. The standard InChI is InChI=1S/C28H30O4Si/c1-4-30-33(31-5-2,32-6-3)25-17-11-21(12-18-25)19-28(29)24-16-15-23-14-13-22-9-7-8-10-26(22)27(23)20-24/h7-18,20H,4-6,19H2,1-3H3. The van der Waals surface area contributed by atoms with Crippen LogP contribution in [0.4, 0.5) is 0 Å². The van der Waals surface area contributed by atoms with Crippen molar-refractivity contribution < 1.29 is 18.1 Å². The SMILES string of the molecule is CCO[Si](OCC)(OCC)c1ccc(CC(=O)c2ccc3ccc4ccccc4c3c2)cc1. The molecule has 0 aliphatic heterocycles. The van der Waals surface area contributed by atoms with E-state index in [1.54, 1.807) is 0 Å². The molecule has 0 saturated heterocycles. The molecule has 5 heteroatoms. The van der Waals surface area contributed by atoms with Gasteiger partial charge in [-0.3, -0.25) is 4.79 Å². The molecule has 0 aliphatic rings. The van der Waals surface area contributed by atoms with Crippen LogP contribution in [0.25, 0.3) is 21.5 Å². The van der Waals surface area contributed by atoms with E-state index in [0.29, 0.717) is 26.2 Å². The fourth-order valence-corrected chi connectivity index (χ4v) is 6.70. The average Bonchev–Trinajstić information content (AvgIpc) is 2.84. The normalized spacial score (nSPS) is 11.8. The maximum Gasteiger partial charge on any atom is 0.537 e. The molecular weight excluding hydrogens is 428 g/mol. The Morgan fingerprint density at radius 1 is 0.697 bits per heavy atom. The minimum atomic E-state index is -2.94. The lowest BCUT2D eigenvalue weighted by Gasteiger charge is -2.28. The molecule has 0 atom stereocenters. The number of Topliss-reactive ketones (excluding diaryl/α,β-unsaturated/α-hetero) is 1. The molecule has 33 heavy (non-hydrogen) atoms. The van der Waals surface area contributed by atoms with Crippen molar-refractivity contribution in [3.63, 3.8) is 0 Å². The number of hydrogen-bond acceptors (Lipinski definition) is 4. The van der Waals surface area contributed by atoms with E-state index in [2.05, 4.69) is 24.3 Å². The molecule has 4 aromatic carbocycles. The van der Waals surface area contributed by atoms with Crippen LogP contribution in [0, 0.1) is 0 Å². The van der Waals surface area contributed by atoms with E-state index in [-0.39, 0.29) is 5.78 Å². The molecule has 0 unspecified atom stereocenters. The van der Waals surface area contributed by atoms with Gasteiger partial charge >= 0.3 is 8.80 Å². The van der Waals surface area contributed by atoms with Gasteiger partial charge in [0.05, 0.1) is 0 Å². The van der Waals surface area contributed by atoms with E-state index in [4.69, 9.17) is 13.3 Å². The van der Waals surface area contributed by atoms with Gasteiger partial charge in [-0.15, -0.1) is 0 Å². The zero-order valence-corrected chi connectivity index (χ0v) is 20.5. The van der Waals surface area contributed by atoms with Gasteiger partial charge < -0.3 is 13.3 Å². The summed E-state index contributed by atoms with van der Waals surface area (Å²) < 4.78 is 18.0. The second kappa shape index (κ2) is 10.4. The van der Waals surface area contributed by atoms with Crippen LogP contribution in [0.2, 0.25) is 0 Å². The minimum Gasteiger partial charge on any atom is -0.370 e. The number of carbonyl (C=O) groups is 1. The molecule has 0 N–H and O–H groups in total. The first kappa shape index (κ1) is 23.3.